The molecule has 19 heavy (non-hydrogen) atoms. The van der Waals surface area contributed by atoms with E-state index in [0.717, 1.165) is 17.3 Å². The average molecular weight is 328 g/mol. The van der Waals surface area contributed by atoms with E-state index in [-0.39, 0.29) is 11.3 Å². The summed E-state index contributed by atoms with van der Waals surface area (Å²) in [5.74, 6) is -0.578. The Balaban J connectivity index is 2.24. The molecule has 4 nitrogen and oxygen atoms in total. The molecule has 1 aliphatic rings. The van der Waals surface area contributed by atoms with Gasteiger partial charge in [0, 0.05) is 10.5 Å². The highest BCUT2D eigenvalue weighted by Crippen LogP contribution is 2.34. The van der Waals surface area contributed by atoms with Gasteiger partial charge >= 0.3 is 5.97 Å². The number of carbonyl (C=O) groups excluding carboxylic acids is 1. The molecule has 2 rings (SSSR count). The summed E-state index contributed by atoms with van der Waals surface area (Å²) in [6.45, 7) is 0. The molecule has 2 N–H and O–H groups in total. The number of phenols is 1. The maximum Gasteiger partial charge on any atom is 0.341 e. The van der Waals surface area contributed by atoms with Gasteiger partial charge < -0.3 is 15.2 Å². The Hall–Kier alpha value is -1.23. The van der Waals surface area contributed by atoms with Gasteiger partial charge in [-0.25, -0.2) is 4.79 Å². The molecule has 5 heteroatoms. The molecule has 0 saturated heterocycles. The number of halogens is 1. The molecule has 0 aliphatic heterocycles. The predicted octanol–water partition coefficient (Wildman–Crippen LogP) is 3.69. The maximum absolute atomic E-state index is 11.6. The van der Waals surface area contributed by atoms with Gasteiger partial charge in [-0.2, -0.15) is 0 Å². The summed E-state index contributed by atoms with van der Waals surface area (Å²) in [4.78, 5) is 11.6. The highest BCUT2D eigenvalue weighted by molar-refractivity contribution is 9.10. The number of esters is 1. The van der Waals surface area contributed by atoms with Crippen molar-refractivity contribution < 1.29 is 14.6 Å². The molecule has 1 fully saturated rings. The van der Waals surface area contributed by atoms with Crippen LogP contribution in [0.3, 0.4) is 0 Å². The SMILES string of the molecule is COC(=O)c1cc(Br)cc(NC2CCCCC2)c1O. The largest absolute Gasteiger partial charge is 0.505 e. The van der Waals surface area contributed by atoms with Gasteiger partial charge in [0.25, 0.3) is 0 Å². The highest BCUT2D eigenvalue weighted by atomic mass is 79.9. The molecule has 0 unspecified atom stereocenters. The molecule has 0 bridgehead atoms. The van der Waals surface area contributed by atoms with Crippen LogP contribution in [-0.4, -0.2) is 24.2 Å². The minimum atomic E-state index is -0.537. The number of benzene rings is 1. The fraction of sp³-hybridized carbons (Fsp3) is 0.500. The number of anilines is 1. The van der Waals surface area contributed by atoms with Crippen molar-refractivity contribution in [3.05, 3.63) is 22.2 Å². The molecule has 0 radical (unpaired) electrons. The first-order chi connectivity index (χ1) is 9.11. The predicted molar refractivity (Wildman–Crippen MR) is 77.6 cm³/mol. The summed E-state index contributed by atoms with van der Waals surface area (Å²) in [5, 5.41) is 13.5. The minimum Gasteiger partial charge on any atom is -0.505 e. The van der Waals surface area contributed by atoms with E-state index in [1.807, 2.05) is 0 Å². The van der Waals surface area contributed by atoms with E-state index in [1.165, 1.54) is 26.4 Å². The summed E-state index contributed by atoms with van der Waals surface area (Å²) in [7, 11) is 1.30. The Morgan fingerprint density at radius 3 is 2.68 bits per heavy atom. The van der Waals surface area contributed by atoms with Crippen molar-refractivity contribution in [1.29, 1.82) is 0 Å². The lowest BCUT2D eigenvalue weighted by Crippen LogP contribution is -2.22. The third kappa shape index (κ3) is 3.41. The van der Waals surface area contributed by atoms with Gasteiger partial charge in [-0.05, 0) is 25.0 Å². The highest BCUT2D eigenvalue weighted by Gasteiger charge is 2.19. The smallest absolute Gasteiger partial charge is 0.341 e. The standard InChI is InChI=1S/C14H18BrNO3/c1-19-14(18)11-7-9(15)8-12(13(11)17)16-10-5-3-2-4-6-10/h7-8,10,16-17H,2-6H2,1H3. The van der Waals surface area contributed by atoms with Crippen LogP contribution in [0, 0.1) is 0 Å². The molecule has 1 aliphatic carbocycles. The second kappa shape index (κ2) is 6.28. The van der Waals surface area contributed by atoms with Gasteiger partial charge in [-0.1, -0.05) is 35.2 Å². The third-order valence-electron chi connectivity index (χ3n) is 3.44. The number of rotatable bonds is 3. The second-order valence-corrected chi connectivity index (χ2v) is 5.74. The molecule has 0 aromatic heterocycles. The molecule has 0 spiro atoms. The molecule has 1 aromatic rings. The molecular formula is C14H18BrNO3. The number of phenolic OH excluding ortho intramolecular Hbond substituents is 1. The Bertz CT molecular complexity index is 470. The first-order valence-electron chi connectivity index (χ1n) is 6.49. The number of hydrogen-bond acceptors (Lipinski definition) is 4. The van der Waals surface area contributed by atoms with Gasteiger partial charge in [0.2, 0.25) is 0 Å². The molecule has 0 heterocycles. The van der Waals surface area contributed by atoms with E-state index in [1.54, 1.807) is 12.1 Å². The lowest BCUT2D eigenvalue weighted by Gasteiger charge is -2.24. The topological polar surface area (TPSA) is 58.6 Å². The van der Waals surface area contributed by atoms with E-state index in [0.29, 0.717) is 11.7 Å². The number of carbonyl (C=O) groups is 1. The van der Waals surface area contributed by atoms with E-state index in [2.05, 4.69) is 26.0 Å². The quantitative estimate of drug-likeness (QED) is 0.656. The number of hydrogen-bond donors (Lipinski definition) is 2. The van der Waals surface area contributed by atoms with Crippen LogP contribution in [0.4, 0.5) is 5.69 Å². The normalized spacial score (nSPS) is 16.1. The summed E-state index contributed by atoms with van der Waals surface area (Å²) < 4.78 is 5.41. The summed E-state index contributed by atoms with van der Waals surface area (Å²) in [6.07, 6.45) is 5.88. The average Bonchev–Trinajstić information content (AvgIpc) is 2.42. The van der Waals surface area contributed by atoms with Crippen LogP contribution in [0.2, 0.25) is 0 Å². The van der Waals surface area contributed by atoms with E-state index in [4.69, 9.17) is 0 Å². The van der Waals surface area contributed by atoms with Crippen LogP contribution >= 0.6 is 15.9 Å². The van der Waals surface area contributed by atoms with E-state index >= 15 is 0 Å². The first-order valence-corrected chi connectivity index (χ1v) is 7.28. The van der Waals surface area contributed by atoms with E-state index in [9.17, 15) is 9.90 Å². The van der Waals surface area contributed by atoms with Gasteiger partial charge in [-0.3, -0.25) is 0 Å². The van der Waals surface area contributed by atoms with Crippen LogP contribution in [0.1, 0.15) is 42.5 Å². The molecule has 1 saturated carbocycles. The number of nitrogens with one attached hydrogen (secondary N) is 1. The Kier molecular flexibility index (Phi) is 4.69. The van der Waals surface area contributed by atoms with Crippen molar-refractivity contribution in [2.75, 3.05) is 12.4 Å². The fourth-order valence-electron chi connectivity index (χ4n) is 2.44. The second-order valence-electron chi connectivity index (χ2n) is 4.82. The maximum atomic E-state index is 11.6. The lowest BCUT2D eigenvalue weighted by atomic mass is 9.95. The van der Waals surface area contributed by atoms with Crippen LogP contribution in [-0.2, 0) is 4.74 Å². The molecule has 1 aromatic carbocycles. The third-order valence-corrected chi connectivity index (χ3v) is 3.90. The molecule has 104 valence electrons. The van der Waals surface area contributed by atoms with Crippen molar-refractivity contribution in [2.45, 2.75) is 38.1 Å². The fourth-order valence-corrected chi connectivity index (χ4v) is 2.90. The van der Waals surface area contributed by atoms with Crippen molar-refractivity contribution in [3.63, 3.8) is 0 Å². The van der Waals surface area contributed by atoms with Crippen LogP contribution in [0.25, 0.3) is 0 Å². The Labute approximate surface area is 121 Å². The van der Waals surface area contributed by atoms with Crippen LogP contribution in [0.15, 0.2) is 16.6 Å². The minimum absolute atomic E-state index is 0.0411. The van der Waals surface area contributed by atoms with Crippen molar-refractivity contribution in [2.24, 2.45) is 0 Å². The first kappa shape index (κ1) is 14.2. The van der Waals surface area contributed by atoms with Gasteiger partial charge in [-0.15, -0.1) is 0 Å². The monoisotopic (exact) mass is 327 g/mol. The summed E-state index contributed by atoms with van der Waals surface area (Å²) >= 11 is 3.35. The summed E-state index contributed by atoms with van der Waals surface area (Å²) in [5.41, 5.74) is 0.761. The van der Waals surface area contributed by atoms with Gasteiger partial charge in [0.05, 0.1) is 12.8 Å². The zero-order chi connectivity index (χ0) is 13.8. The van der Waals surface area contributed by atoms with Crippen molar-refractivity contribution >= 4 is 27.6 Å². The molecular weight excluding hydrogens is 310 g/mol. The van der Waals surface area contributed by atoms with Crippen LogP contribution < -0.4 is 5.32 Å². The van der Waals surface area contributed by atoms with Crippen LogP contribution in [0.5, 0.6) is 5.75 Å². The summed E-state index contributed by atoms with van der Waals surface area (Å²) in [6, 6.07) is 3.71. The number of ether oxygens (including phenoxy) is 1. The van der Waals surface area contributed by atoms with Gasteiger partial charge in [0.1, 0.15) is 5.56 Å². The number of methoxy groups -OCH3 is 1. The zero-order valence-corrected chi connectivity index (χ0v) is 12.5. The molecule has 0 atom stereocenters. The molecule has 0 amide bonds. The van der Waals surface area contributed by atoms with Gasteiger partial charge in [0.15, 0.2) is 5.75 Å². The van der Waals surface area contributed by atoms with E-state index < -0.39 is 5.97 Å². The Morgan fingerprint density at radius 2 is 2.05 bits per heavy atom. The van der Waals surface area contributed by atoms with Crippen molar-refractivity contribution in [1.82, 2.24) is 0 Å². The number of aromatic hydroxyl groups is 1. The lowest BCUT2D eigenvalue weighted by molar-refractivity contribution is 0.0597. The van der Waals surface area contributed by atoms with Crippen molar-refractivity contribution in [3.8, 4) is 5.75 Å². The zero-order valence-electron chi connectivity index (χ0n) is 10.9. The Morgan fingerprint density at radius 1 is 1.37 bits per heavy atom.